The second-order valence-electron chi connectivity index (χ2n) is 18.9. The van der Waals surface area contributed by atoms with Gasteiger partial charge in [-0.05, 0) is 145 Å². The van der Waals surface area contributed by atoms with E-state index in [4.69, 9.17) is 28.9 Å². The second kappa shape index (κ2) is 23.7. The number of hydrogen-bond donors (Lipinski definition) is 2. The van der Waals surface area contributed by atoms with Gasteiger partial charge in [0, 0.05) is 56.2 Å². The van der Waals surface area contributed by atoms with Crippen LogP contribution in [0, 0.1) is 42.7 Å². The molecule has 2 aromatic carbocycles. The van der Waals surface area contributed by atoms with Crippen molar-refractivity contribution in [1.82, 2.24) is 19.9 Å². The van der Waals surface area contributed by atoms with Crippen molar-refractivity contribution in [2.45, 2.75) is 98.7 Å². The van der Waals surface area contributed by atoms with E-state index in [0.717, 1.165) is 97.3 Å². The molecule has 1 aliphatic rings. The number of esters is 4. The number of H-pyrrole nitrogens is 2. The molecule has 0 saturated heterocycles. The Balaban J connectivity index is 0.00000847. The molecular weight excluding hydrogens is 1090 g/mol. The molecule has 72 heavy (non-hydrogen) atoms. The number of halogens is 1. The molecule has 8 bridgehead atoms. The average Bonchev–Trinajstić information content (AvgIpc) is 4.03. The standard InChI is InChI=1S/C57H61IN4O8Si.Zn/c1-32-40(18-22-48(63)67-5)44-30-46-42(20-24-50(65)69-7)34(3)56(61-46)53(38-16-13-17-39(58)29-38)57-35(4)43(21-25-51(66)70-8)47(62-57)31-45-41(19-23-49(64)68-6)33(2)55(60-45)52(54(32)59-44)37-15-12-14-36(28-37)26-27-71(9,10)11;/h12-17,28-31,59,62H,18-25H2,1-11H3;/q-2;+2/b44-30-,45-31?,46-30?,47-31-,54-52-,55-52?,56-53?,57-53-;. The molecule has 0 amide bonds. The van der Waals surface area contributed by atoms with Crippen molar-refractivity contribution in [2.75, 3.05) is 28.4 Å². The molecule has 7 rings (SSSR count). The number of hydrogen-bond acceptors (Lipinski definition) is 8. The van der Waals surface area contributed by atoms with Gasteiger partial charge in [-0.1, -0.05) is 84.2 Å². The zero-order chi connectivity index (χ0) is 51.3. The van der Waals surface area contributed by atoms with Crippen LogP contribution in [0.2, 0.25) is 19.6 Å². The number of carbonyl (C=O) groups is 4. The van der Waals surface area contributed by atoms with Crippen molar-refractivity contribution in [1.29, 1.82) is 0 Å². The van der Waals surface area contributed by atoms with Crippen LogP contribution in [-0.4, -0.2) is 70.4 Å². The minimum atomic E-state index is -1.75. The largest absolute Gasteiger partial charge is 2.00 e. The predicted molar refractivity (Wildman–Crippen MR) is 286 cm³/mol. The normalized spacial score (nSPS) is 14.4. The molecular formula is C57H61IN4O8SiZn. The van der Waals surface area contributed by atoms with Crippen LogP contribution in [-0.2, 0) is 83.3 Å². The summed E-state index contributed by atoms with van der Waals surface area (Å²) in [6.45, 7) is 14.8. The fourth-order valence-electron chi connectivity index (χ4n) is 9.32. The molecule has 6 aromatic rings. The number of fused-ring (bicyclic) bond motifs is 8. The van der Waals surface area contributed by atoms with Gasteiger partial charge in [-0.3, -0.25) is 19.2 Å². The van der Waals surface area contributed by atoms with E-state index in [1.54, 1.807) is 0 Å². The minimum Gasteiger partial charge on any atom is -0.657 e. The average molecular weight is 1150 g/mol. The third-order valence-electron chi connectivity index (χ3n) is 13.1. The first-order valence-corrected chi connectivity index (χ1v) is 28.3. The van der Waals surface area contributed by atoms with E-state index in [-0.39, 0.29) is 69.0 Å². The van der Waals surface area contributed by atoms with Gasteiger partial charge in [0.05, 0.1) is 28.4 Å². The van der Waals surface area contributed by atoms with Gasteiger partial charge in [0.2, 0.25) is 0 Å². The van der Waals surface area contributed by atoms with Gasteiger partial charge in [0.25, 0.3) is 0 Å². The Kier molecular flexibility index (Phi) is 18.2. The number of nitrogens with zero attached hydrogens (tertiary/aromatic N) is 2. The molecule has 0 fully saturated rings. The van der Waals surface area contributed by atoms with E-state index in [0.29, 0.717) is 48.5 Å². The van der Waals surface area contributed by atoms with Crippen molar-refractivity contribution in [3.05, 3.63) is 157 Å². The van der Waals surface area contributed by atoms with Gasteiger partial charge in [0.15, 0.2) is 0 Å². The van der Waals surface area contributed by atoms with Gasteiger partial charge in [0.1, 0.15) is 8.07 Å². The summed E-state index contributed by atoms with van der Waals surface area (Å²) in [5.41, 5.74) is 17.7. The van der Waals surface area contributed by atoms with Crippen LogP contribution in [0.25, 0.3) is 23.3 Å². The number of ether oxygens (including phenoxy) is 4. The molecule has 0 saturated carbocycles. The minimum absolute atomic E-state index is 0. The van der Waals surface area contributed by atoms with Crippen LogP contribution in [0.5, 0.6) is 0 Å². The number of aromatic nitrogens is 4. The molecule has 0 aliphatic carbocycles. The van der Waals surface area contributed by atoms with Crippen molar-refractivity contribution >= 4 is 77.8 Å². The predicted octanol–water partition coefficient (Wildman–Crippen LogP) is 6.21. The fraction of sp³-hybridized carbons (Fsp3) is 0.333. The van der Waals surface area contributed by atoms with E-state index in [2.05, 4.69) is 102 Å². The molecule has 5 heterocycles. The molecule has 0 radical (unpaired) electrons. The topological polar surface area (TPSA) is 165 Å². The first kappa shape index (κ1) is 55.4. The van der Waals surface area contributed by atoms with E-state index < -0.39 is 8.07 Å². The quantitative estimate of drug-likeness (QED) is 0.0421. The zero-order valence-electron chi connectivity index (χ0n) is 43.2. The Morgan fingerprint density at radius 3 is 1.35 bits per heavy atom. The summed E-state index contributed by atoms with van der Waals surface area (Å²) in [4.78, 5) is 70.3. The molecule has 0 spiro atoms. The van der Waals surface area contributed by atoms with E-state index in [9.17, 15) is 19.2 Å². The summed E-state index contributed by atoms with van der Waals surface area (Å²) in [6, 6.07) is 16.4. The van der Waals surface area contributed by atoms with Crippen molar-refractivity contribution in [2.24, 2.45) is 0 Å². The maximum absolute atomic E-state index is 12.9. The first-order chi connectivity index (χ1) is 33.9. The number of carbonyl (C=O) groups excluding carboxylic acids is 4. The Hall–Kier alpha value is -5.95. The van der Waals surface area contributed by atoms with E-state index in [1.165, 1.54) is 28.4 Å². The second-order valence-corrected chi connectivity index (χ2v) is 24.9. The number of nitrogens with one attached hydrogen (secondary N) is 2. The van der Waals surface area contributed by atoms with Gasteiger partial charge < -0.3 is 38.9 Å². The van der Waals surface area contributed by atoms with Crippen LogP contribution < -0.4 is 31.4 Å². The summed E-state index contributed by atoms with van der Waals surface area (Å²) < 4.78 is 21.7. The Bertz CT molecular complexity index is 3410. The van der Waals surface area contributed by atoms with Crippen LogP contribution in [0.15, 0.2) is 48.5 Å². The Morgan fingerprint density at radius 2 is 0.958 bits per heavy atom. The summed E-state index contributed by atoms with van der Waals surface area (Å²) in [5, 5.41) is 3.07. The van der Waals surface area contributed by atoms with Gasteiger partial charge >= 0.3 is 43.4 Å². The molecule has 2 N–H and O–H groups in total. The van der Waals surface area contributed by atoms with Crippen molar-refractivity contribution in [3.8, 4) is 11.5 Å². The molecule has 15 heteroatoms. The first-order valence-electron chi connectivity index (χ1n) is 23.7. The molecule has 12 nitrogen and oxygen atoms in total. The molecule has 1 aliphatic heterocycles. The SMILES string of the molecule is COC(=O)CCc1c2[n-]c(c1C)/C(c1cccc(I)c1)=c1\[nH]/c(c(CCC(=O)OC)c1C)=C\c1[n-]c(c(C)c1CCC(=O)OC)/C(c1cccc(C#C[Si](C)(C)C)c1)=c1\[nH]/c(c(CCC(=O)OC)c1C)=C\2.[Zn+2]. The third kappa shape index (κ3) is 12.3. The Morgan fingerprint density at radius 1 is 0.569 bits per heavy atom. The summed E-state index contributed by atoms with van der Waals surface area (Å²) >= 11 is 2.32. The maximum Gasteiger partial charge on any atom is 2.00 e. The number of methoxy groups -OCH3 is 4. The summed E-state index contributed by atoms with van der Waals surface area (Å²) in [6.07, 6.45) is 5.98. The molecule has 370 valence electrons. The smallest absolute Gasteiger partial charge is 0.657 e. The van der Waals surface area contributed by atoms with E-state index in [1.807, 2.05) is 50.3 Å². The van der Waals surface area contributed by atoms with Gasteiger partial charge in [-0.15, -0.1) is 28.3 Å². The fourth-order valence-corrected chi connectivity index (χ4v) is 10.4. The zero-order valence-corrected chi connectivity index (χ0v) is 49.3. The summed E-state index contributed by atoms with van der Waals surface area (Å²) in [5.74, 6) is 2.08. The summed E-state index contributed by atoms with van der Waals surface area (Å²) in [7, 11) is 3.81. The van der Waals surface area contributed by atoms with Crippen LogP contribution >= 0.6 is 22.6 Å². The molecule has 0 atom stereocenters. The molecule has 4 aromatic heterocycles. The van der Waals surface area contributed by atoms with E-state index >= 15 is 0 Å². The van der Waals surface area contributed by atoms with Crippen LogP contribution in [0.4, 0.5) is 0 Å². The van der Waals surface area contributed by atoms with Gasteiger partial charge in [-0.25, -0.2) is 0 Å². The van der Waals surface area contributed by atoms with Crippen molar-refractivity contribution in [3.63, 3.8) is 0 Å². The number of rotatable bonds is 14. The van der Waals surface area contributed by atoms with Gasteiger partial charge in [-0.2, -0.15) is 0 Å². The monoisotopic (exact) mass is 1150 g/mol. The van der Waals surface area contributed by atoms with Crippen LogP contribution in [0.1, 0.15) is 110 Å². The Labute approximate surface area is 448 Å². The number of aromatic amines is 2. The van der Waals surface area contributed by atoms with Crippen LogP contribution in [0.3, 0.4) is 0 Å². The third-order valence-corrected chi connectivity index (χ3v) is 14.7. The molecule has 0 unspecified atom stereocenters. The maximum atomic E-state index is 12.9. The van der Waals surface area contributed by atoms with Crippen molar-refractivity contribution < 1.29 is 57.6 Å². The number of benzene rings is 2.